The van der Waals surface area contributed by atoms with Crippen LogP contribution in [-0.2, 0) is 12.8 Å². The maximum atomic E-state index is 12.6. The van der Waals surface area contributed by atoms with Crippen LogP contribution in [0.2, 0.25) is 0 Å². The third-order valence-corrected chi connectivity index (χ3v) is 4.90. The molecule has 0 atom stereocenters. The van der Waals surface area contributed by atoms with Crippen molar-refractivity contribution in [3.05, 3.63) is 29.6 Å². The molecule has 0 bridgehead atoms. The van der Waals surface area contributed by atoms with Crippen LogP contribution in [0.1, 0.15) is 52.9 Å². The van der Waals surface area contributed by atoms with Gasteiger partial charge in [-0.15, -0.1) is 13.2 Å². The number of nitrogens with zero attached hydrogens (tertiary/aromatic N) is 2. The zero-order valence-corrected chi connectivity index (χ0v) is 19.1. The maximum absolute atomic E-state index is 12.6. The van der Waals surface area contributed by atoms with E-state index in [9.17, 15) is 13.2 Å². The molecule has 1 aromatic carbocycles. The minimum atomic E-state index is -4.78. The van der Waals surface area contributed by atoms with Crippen LogP contribution in [0.25, 0.3) is 11.3 Å². The fraction of sp³-hybridized carbons (Fsp3) is 0.565. The quantitative estimate of drug-likeness (QED) is 0.462. The Morgan fingerprint density at radius 3 is 2.03 bits per heavy atom. The highest BCUT2D eigenvalue weighted by molar-refractivity contribution is 5.71. The van der Waals surface area contributed by atoms with Crippen LogP contribution in [0.5, 0.6) is 17.4 Å². The summed E-state index contributed by atoms with van der Waals surface area (Å²) >= 11 is 0. The minimum absolute atomic E-state index is 0.0107. The first-order valence-electron chi connectivity index (χ1n) is 10.5. The number of hydrogen-bond donors (Lipinski definition) is 0. The molecule has 0 unspecified atom stereocenters. The molecule has 1 aromatic heterocycles. The van der Waals surface area contributed by atoms with E-state index in [1.165, 1.54) is 25.3 Å². The molecule has 0 aliphatic carbocycles. The fourth-order valence-corrected chi connectivity index (χ4v) is 3.51. The summed E-state index contributed by atoms with van der Waals surface area (Å²) in [5.74, 6) is 0.983. The van der Waals surface area contributed by atoms with E-state index in [4.69, 9.17) is 19.4 Å². The van der Waals surface area contributed by atoms with Gasteiger partial charge in [0.15, 0.2) is 0 Å². The molecular weight excluding hydrogens is 409 g/mol. The first-order valence-corrected chi connectivity index (χ1v) is 10.5. The summed E-state index contributed by atoms with van der Waals surface area (Å²) in [4.78, 5) is 9.53. The van der Waals surface area contributed by atoms with E-state index in [0.29, 0.717) is 53.2 Å². The lowest BCUT2D eigenvalue weighted by atomic mass is 9.96. The largest absolute Gasteiger partial charge is 0.573 e. The van der Waals surface area contributed by atoms with Gasteiger partial charge < -0.3 is 14.2 Å². The van der Waals surface area contributed by atoms with Gasteiger partial charge in [0.05, 0.1) is 18.5 Å². The van der Waals surface area contributed by atoms with E-state index in [2.05, 4.69) is 32.4 Å². The molecule has 0 saturated carbocycles. The Bertz CT molecular complexity index is 875. The van der Waals surface area contributed by atoms with Crippen LogP contribution in [0.15, 0.2) is 18.2 Å². The molecule has 0 N–H and O–H groups in total. The fourth-order valence-electron chi connectivity index (χ4n) is 3.51. The van der Waals surface area contributed by atoms with Gasteiger partial charge in [0.1, 0.15) is 23.3 Å². The summed E-state index contributed by atoms with van der Waals surface area (Å²) < 4.78 is 53.4. The van der Waals surface area contributed by atoms with Crippen molar-refractivity contribution in [3.63, 3.8) is 0 Å². The van der Waals surface area contributed by atoms with Crippen molar-refractivity contribution < 1.29 is 27.4 Å². The summed E-state index contributed by atoms with van der Waals surface area (Å²) in [5, 5.41) is 0. The Balaban J connectivity index is 2.54. The number of halogens is 3. The first kappa shape index (κ1) is 24.8. The molecule has 5 nitrogen and oxygen atoms in total. The van der Waals surface area contributed by atoms with E-state index >= 15 is 0 Å². The number of benzene rings is 1. The van der Waals surface area contributed by atoms with E-state index in [1.807, 2.05) is 13.8 Å². The van der Waals surface area contributed by atoms with Crippen LogP contribution in [-0.4, -0.2) is 29.5 Å². The monoisotopic (exact) mass is 440 g/mol. The van der Waals surface area contributed by atoms with Crippen molar-refractivity contribution in [1.82, 2.24) is 9.97 Å². The van der Waals surface area contributed by atoms with Crippen molar-refractivity contribution in [2.24, 2.45) is 11.8 Å². The molecule has 172 valence electrons. The summed E-state index contributed by atoms with van der Waals surface area (Å²) in [6.45, 7) is 12.3. The average molecular weight is 441 g/mol. The zero-order valence-electron chi connectivity index (χ0n) is 19.1. The number of ether oxygens (including phenoxy) is 3. The van der Waals surface area contributed by atoms with Gasteiger partial charge in [0.25, 0.3) is 0 Å². The second-order valence-corrected chi connectivity index (χ2v) is 7.96. The molecule has 8 heteroatoms. The summed E-state index contributed by atoms with van der Waals surface area (Å²) in [5.41, 5.74) is 2.48. The lowest BCUT2D eigenvalue weighted by Crippen LogP contribution is -2.30. The number of alkyl halides is 3. The number of rotatable bonds is 9. The van der Waals surface area contributed by atoms with Crippen LogP contribution in [0.4, 0.5) is 13.2 Å². The standard InChI is InChI=1S/C23H31F3N2O3/c1-8-17-20(16-11-10-15(12-19(16)29-7)31-23(24,25)26)27-18(9-2)22(28-17)30-21(13(3)4)14(5)6/h10-14,21H,8-9H2,1-7H3. The molecule has 1 heterocycles. The number of methoxy groups -OCH3 is 1. The second-order valence-electron chi connectivity index (χ2n) is 7.96. The van der Waals surface area contributed by atoms with Gasteiger partial charge >= 0.3 is 6.36 Å². The normalized spacial score (nSPS) is 12.0. The predicted molar refractivity (Wildman–Crippen MR) is 114 cm³/mol. The van der Waals surface area contributed by atoms with Crippen molar-refractivity contribution in [2.75, 3.05) is 7.11 Å². The Labute approximate surface area is 182 Å². The van der Waals surface area contributed by atoms with Gasteiger partial charge in [-0.05, 0) is 36.8 Å². The SMILES string of the molecule is CCc1nc(-c2ccc(OC(F)(F)F)cc2OC)c(CC)nc1OC(C(C)C)C(C)C. The molecule has 0 aliphatic heterocycles. The van der Waals surface area contributed by atoms with E-state index in [-0.39, 0.29) is 17.6 Å². The van der Waals surface area contributed by atoms with E-state index < -0.39 is 6.36 Å². The third kappa shape index (κ3) is 6.24. The van der Waals surface area contributed by atoms with Crippen LogP contribution in [0, 0.1) is 11.8 Å². The van der Waals surface area contributed by atoms with E-state index in [0.717, 1.165) is 0 Å². The van der Waals surface area contributed by atoms with Gasteiger partial charge in [-0.2, -0.15) is 0 Å². The van der Waals surface area contributed by atoms with Gasteiger partial charge in [-0.3, -0.25) is 0 Å². The molecule has 0 fully saturated rings. The van der Waals surface area contributed by atoms with Gasteiger partial charge in [0, 0.05) is 11.6 Å². The maximum Gasteiger partial charge on any atom is 0.573 e. The van der Waals surface area contributed by atoms with Crippen molar-refractivity contribution in [2.45, 2.75) is 66.9 Å². The topological polar surface area (TPSA) is 53.5 Å². The minimum Gasteiger partial charge on any atom is -0.496 e. The van der Waals surface area contributed by atoms with Gasteiger partial charge in [0.2, 0.25) is 5.88 Å². The first-order chi connectivity index (χ1) is 14.5. The number of hydrogen-bond acceptors (Lipinski definition) is 5. The summed E-state index contributed by atoms with van der Waals surface area (Å²) in [6, 6.07) is 3.96. The van der Waals surface area contributed by atoms with Crippen molar-refractivity contribution >= 4 is 0 Å². The lowest BCUT2D eigenvalue weighted by molar-refractivity contribution is -0.274. The molecule has 2 aromatic rings. The van der Waals surface area contributed by atoms with Crippen molar-refractivity contribution in [1.29, 1.82) is 0 Å². The summed E-state index contributed by atoms with van der Waals surface area (Å²) in [7, 11) is 1.39. The second kappa shape index (κ2) is 10.2. The molecule has 0 saturated heterocycles. The van der Waals surface area contributed by atoms with Crippen LogP contribution >= 0.6 is 0 Å². The molecule has 0 spiro atoms. The molecule has 31 heavy (non-hydrogen) atoms. The Morgan fingerprint density at radius 2 is 1.55 bits per heavy atom. The van der Waals surface area contributed by atoms with E-state index in [1.54, 1.807) is 0 Å². The molecule has 0 amide bonds. The summed E-state index contributed by atoms with van der Waals surface area (Å²) in [6.07, 6.45) is -3.62. The van der Waals surface area contributed by atoms with Crippen LogP contribution < -0.4 is 14.2 Å². The Hall–Kier alpha value is -2.51. The Kier molecular flexibility index (Phi) is 8.14. The van der Waals surface area contributed by atoms with Crippen molar-refractivity contribution in [3.8, 4) is 28.6 Å². The zero-order chi connectivity index (χ0) is 23.3. The average Bonchev–Trinajstić information content (AvgIpc) is 2.69. The highest BCUT2D eigenvalue weighted by Gasteiger charge is 2.31. The molecule has 0 aliphatic rings. The number of aromatic nitrogens is 2. The van der Waals surface area contributed by atoms with Crippen LogP contribution in [0.3, 0.4) is 0 Å². The number of aryl methyl sites for hydroxylation is 2. The molecule has 0 radical (unpaired) electrons. The molecular formula is C23H31F3N2O3. The Morgan fingerprint density at radius 1 is 0.935 bits per heavy atom. The smallest absolute Gasteiger partial charge is 0.496 e. The van der Waals surface area contributed by atoms with Gasteiger partial charge in [-0.1, -0.05) is 41.5 Å². The predicted octanol–water partition coefficient (Wildman–Crippen LogP) is 6.24. The van der Waals surface area contributed by atoms with Gasteiger partial charge in [-0.25, -0.2) is 9.97 Å². The highest BCUT2D eigenvalue weighted by Crippen LogP contribution is 2.37. The molecule has 2 rings (SSSR count). The lowest BCUT2D eigenvalue weighted by Gasteiger charge is -2.27. The highest BCUT2D eigenvalue weighted by atomic mass is 19.4. The third-order valence-electron chi connectivity index (χ3n) is 4.90.